The van der Waals surface area contributed by atoms with E-state index < -0.39 is 0 Å². The Morgan fingerprint density at radius 1 is 0.700 bits per heavy atom. The van der Waals surface area contributed by atoms with E-state index in [4.69, 9.17) is 4.98 Å². The quantitative estimate of drug-likeness (QED) is 0.445. The van der Waals surface area contributed by atoms with Gasteiger partial charge in [-0.3, -0.25) is 19.5 Å². The number of benzene rings is 1. The minimum atomic E-state index is -0.0226. The molecule has 4 fully saturated rings. The Morgan fingerprint density at radius 2 is 1.32 bits per heavy atom. The summed E-state index contributed by atoms with van der Waals surface area (Å²) in [4.78, 5) is 35.7. The van der Waals surface area contributed by atoms with E-state index in [-0.39, 0.29) is 23.7 Å². The van der Waals surface area contributed by atoms with E-state index in [1.807, 2.05) is 6.20 Å². The van der Waals surface area contributed by atoms with E-state index in [2.05, 4.69) is 41.3 Å². The Kier molecular flexibility index (Phi) is 7.34. The molecule has 0 spiro atoms. The Balaban J connectivity index is 1.06. The van der Waals surface area contributed by atoms with Gasteiger partial charge in [0.15, 0.2) is 0 Å². The van der Waals surface area contributed by atoms with Crippen LogP contribution >= 0.6 is 0 Å². The Morgan fingerprint density at radius 3 is 2.08 bits per heavy atom. The second-order valence-corrected chi connectivity index (χ2v) is 13.0. The molecule has 0 N–H and O–H groups in total. The summed E-state index contributed by atoms with van der Waals surface area (Å²) in [5, 5.41) is 0. The largest absolute Gasteiger partial charge is 0.302 e. The highest BCUT2D eigenvalue weighted by Gasteiger charge is 2.49. The summed E-state index contributed by atoms with van der Waals surface area (Å²) < 4.78 is 0. The van der Waals surface area contributed by atoms with Gasteiger partial charge < -0.3 is 4.90 Å². The lowest BCUT2D eigenvalue weighted by Crippen LogP contribution is -2.43. The molecule has 2 aromatic rings. The molecule has 5 heteroatoms. The molecule has 3 aliphatic carbocycles. The summed E-state index contributed by atoms with van der Waals surface area (Å²) in [6.07, 6.45) is 15.2. The van der Waals surface area contributed by atoms with Gasteiger partial charge in [0.1, 0.15) is 0 Å². The van der Waals surface area contributed by atoms with Gasteiger partial charge in [-0.05, 0) is 86.0 Å². The number of hydrogen-bond donors (Lipinski definition) is 0. The van der Waals surface area contributed by atoms with Gasteiger partial charge in [-0.15, -0.1) is 0 Å². The van der Waals surface area contributed by atoms with Gasteiger partial charge in [-0.25, -0.2) is 0 Å². The molecule has 1 aromatic heterocycles. The zero-order valence-electron chi connectivity index (χ0n) is 23.8. The molecular formula is C35H43N3O2. The number of fused-ring (bicyclic) bond motifs is 3. The van der Waals surface area contributed by atoms with Crippen LogP contribution in [0.5, 0.6) is 0 Å². The second-order valence-electron chi connectivity index (χ2n) is 13.0. The Labute approximate surface area is 239 Å². The third-order valence-electron chi connectivity index (χ3n) is 10.8. The first-order valence-corrected chi connectivity index (χ1v) is 16.0. The molecule has 210 valence electrons. The van der Waals surface area contributed by atoms with Crippen molar-refractivity contribution in [1.29, 1.82) is 0 Å². The molecular weight excluding hydrogens is 494 g/mol. The number of piperidine rings is 1. The molecule has 2 unspecified atom stereocenters. The van der Waals surface area contributed by atoms with E-state index in [0.29, 0.717) is 18.4 Å². The predicted octanol–water partition coefficient (Wildman–Crippen LogP) is 6.06. The van der Waals surface area contributed by atoms with Crippen LogP contribution in [-0.4, -0.2) is 52.8 Å². The number of aryl methyl sites for hydroxylation is 2. The van der Waals surface area contributed by atoms with Crippen molar-refractivity contribution in [3.63, 3.8) is 0 Å². The standard InChI is InChI=1S/C35H43N3O2/c39-34-30-13-5-6-14-31(30)35(40)38(34)23-28-10-2-1-9-27(28)22-37-20-17-25(18-21-37)32-29-12-4-3-8-24(29)15-16-26-11-7-19-36-33(26)32/h3-4,7-8,11-12,19,27-28,30-31H,1-2,5-6,9-10,13-18,20-23H2/t27-,28-,30?,31?/m1/s1. The van der Waals surface area contributed by atoms with Crippen molar-refractivity contribution in [2.45, 2.75) is 77.0 Å². The monoisotopic (exact) mass is 537 g/mol. The van der Waals surface area contributed by atoms with Gasteiger partial charge in [0.2, 0.25) is 11.8 Å². The summed E-state index contributed by atoms with van der Waals surface area (Å²) in [7, 11) is 0. The number of aromatic nitrogens is 1. The molecule has 40 heavy (non-hydrogen) atoms. The third kappa shape index (κ3) is 4.85. The van der Waals surface area contributed by atoms with Crippen LogP contribution in [0, 0.1) is 23.7 Å². The molecule has 0 bridgehead atoms. The molecule has 0 radical (unpaired) electrons. The van der Waals surface area contributed by atoms with E-state index >= 15 is 0 Å². The van der Waals surface area contributed by atoms with E-state index in [1.165, 1.54) is 47.2 Å². The number of imide groups is 1. The predicted molar refractivity (Wildman–Crippen MR) is 157 cm³/mol. The zero-order valence-corrected chi connectivity index (χ0v) is 23.8. The van der Waals surface area contributed by atoms with Crippen LogP contribution in [0.4, 0.5) is 0 Å². The van der Waals surface area contributed by atoms with Gasteiger partial charge in [0.05, 0.1) is 17.5 Å². The zero-order chi connectivity index (χ0) is 27.1. The lowest BCUT2D eigenvalue weighted by atomic mass is 9.78. The molecule has 2 aliphatic heterocycles. The highest BCUT2D eigenvalue weighted by molar-refractivity contribution is 6.05. The smallest absolute Gasteiger partial charge is 0.233 e. The van der Waals surface area contributed by atoms with Crippen molar-refractivity contribution in [2.24, 2.45) is 23.7 Å². The van der Waals surface area contributed by atoms with Crippen molar-refractivity contribution in [1.82, 2.24) is 14.8 Å². The maximum Gasteiger partial charge on any atom is 0.233 e. The van der Waals surface area contributed by atoms with Gasteiger partial charge in [0.25, 0.3) is 0 Å². The van der Waals surface area contributed by atoms with E-state index in [9.17, 15) is 9.59 Å². The second kappa shape index (κ2) is 11.2. The average molecular weight is 538 g/mol. The van der Waals surface area contributed by atoms with Crippen LogP contribution in [0.2, 0.25) is 0 Å². The van der Waals surface area contributed by atoms with Gasteiger partial charge in [-0.1, -0.05) is 61.6 Å². The fourth-order valence-electron chi connectivity index (χ4n) is 8.60. The SMILES string of the molecule is O=C1C2CCCCC2C(=O)N1C[C@H]1CCCC[C@@H]1CN1CCC(=C2c3ccccc3CCc3cccnc32)CC1. The topological polar surface area (TPSA) is 53.5 Å². The van der Waals surface area contributed by atoms with Crippen LogP contribution < -0.4 is 0 Å². The fraction of sp³-hybridized carbons (Fsp3) is 0.571. The highest BCUT2D eigenvalue weighted by Crippen LogP contribution is 2.41. The third-order valence-corrected chi connectivity index (χ3v) is 10.8. The first-order chi connectivity index (χ1) is 19.7. The van der Waals surface area contributed by atoms with E-state index in [1.54, 1.807) is 10.5 Å². The van der Waals surface area contributed by atoms with Gasteiger partial charge >= 0.3 is 0 Å². The summed E-state index contributed by atoms with van der Waals surface area (Å²) >= 11 is 0. The summed E-state index contributed by atoms with van der Waals surface area (Å²) in [5.74, 6) is 1.27. The van der Waals surface area contributed by atoms with Gasteiger partial charge in [-0.2, -0.15) is 0 Å². The number of nitrogens with zero attached hydrogens (tertiary/aromatic N) is 3. The summed E-state index contributed by atoms with van der Waals surface area (Å²) in [5.41, 5.74) is 8.36. The minimum Gasteiger partial charge on any atom is -0.302 e. The molecule has 2 saturated heterocycles. The molecule has 5 aliphatic rings. The van der Waals surface area contributed by atoms with Gasteiger partial charge in [0, 0.05) is 37.9 Å². The number of carbonyl (C=O) groups is 2. The van der Waals surface area contributed by atoms with Crippen molar-refractivity contribution >= 4 is 17.4 Å². The Bertz CT molecular complexity index is 1230. The van der Waals surface area contributed by atoms with Crippen LogP contribution in [0.25, 0.3) is 5.57 Å². The molecule has 5 nitrogen and oxygen atoms in total. The number of pyridine rings is 1. The van der Waals surface area contributed by atoms with Crippen LogP contribution in [0.15, 0.2) is 48.2 Å². The van der Waals surface area contributed by atoms with Crippen LogP contribution in [0.3, 0.4) is 0 Å². The number of amides is 2. The molecule has 2 amide bonds. The summed E-state index contributed by atoms with van der Waals surface area (Å²) in [6.45, 7) is 3.93. The first kappa shape index (κ1) is 26.1. The lowest BCUT2D eigenvalue weighted by molar-refractivity contribution is -0.141. The molecule has 1 aromatic carbocycles. The van der Waals surface area contributed by atoms with Crippen molar-refractivity contribution < 1.29 is 9.59 Å². The molecule has 2 saturated carbocycles. The summed E-state index contributed by atoms with van der Waals surface area (Å²) in [6, 6.07) is 13.3. The molecule has 7 rings (SSSR count). The normalized spacial score (nSPS) is 29.1. The average Bonchev–Trinajstić information content (AvgIpc) is 3.13. The highest BCUT2D eigenvalue weighted by atomic mass is 16.2. The van der Waals surface area contributed by atoms with Crippen molar-refractivity contribution in [2.75, 3.05) is 26.2 Å². The van der Waals surface area contributed by atoms with Crippen molar-refractivity contribution in [3.05, 3.63) is 70.6 Å². The van der Waals surface area contributed by atoms with Crippen LogP contribution in [0.1, 0.15) is 86.6 Å². The number of likely N-dealkylation sites (tertiary alicyclic amines) is 2. The Hall–Kier alpha value is -2.79. The maximum absolute atomic E-state index is 13.2. The maximum atomic E-state index is 13.2. The molecule has 4 atom stereocenters. The number of carbonyl (C=O) groups excluding carboxylic acids is 2. The van der Waals surface area contributed by atoms with E-state index in [0.717, 1.165) is 77.4 Å². The number of hydrogen-bond acceptors (Lipinski definition) is 4. The molecule has 3 heterocycles. The fourth-order valence-corrected chi connectivity index (χ4v) is 8.60. The first-order valence-electron chi connectivity index (χ1n) is 16.0. The van der Waals surface area contributed by atoms with Crippen LogP contribution in [-0.2, 0) is 22.4 Å². The lowest BCUT2D eigenvalue weighted by Gasteiger charge is -2.39. The number of rotatable bonds is 4. The van der Waals surface area contributed by atoms with Crippen molar-refractivity contribution in [3.8, 4) is 0 Å². The minimum absolute atomic E-state index is 0.0226.